The summed E-state index contributed by atoms with van der Waals surface area (Å²) in [7, 11) is -3.73. The number of carbonyl (C=O) groups excluding carboxylic acids is 1. The lowest BCUT2D eigenvalue weighted by atomic mass is 10.2. The summed E-state index contributed by atoms with van der Waals surface area (Å²) in [6, 6.07) is 11.8. The molecule has 1 saturated heterocycles. The Balaban J connectivity index is 1.58. The van der Waals surface area contributed by atoms with E-state index in [1.807, 2.05) is 31.2 Å². The summed E-state index contributed by atoms with van der Waals surface area (Å²) in [5.74, 6) is -0.846. The van der Waals surface area contributed by atoms with Gasteiger partial charge in [0.1, 0.15) is 11.6 Å². The number of rotatable bonds is 7. The molecule has 0 atom stereocenters. The Labute approximate surface area is 176 Å². The van der Waals surface area contributed by atoms with E-state index in [2.05, 4.69) is 21.4 Å². The molecule has 30 heavy (non-hydrogen) atoms. The maximum Gasteiger partial charge on any atom is 0.242 e. The maximum atomic E-state index is 12.7. The van der Waals surface area contributed by atoms with Crippen LogP contribution in [0.1, 0.15) is 17.7 Å². The quantitative estimate of drug-likeness (QED) is 0.713. The van der Waals surface area contributed by atoms with E-state index in [4.69, 9.17) is 5.26 Å². The Bertz CT molecular complexity index is 1050. The minimum absolute atomic E-state index is 0.244. The molecule has 160 valence electrons. The van der Waals surface area contributed by atoms with Crippen molar-refractivity contribution >= 4 is 27.4 Å². The van der Waals surface area contributed by atoms with Crippen molar-refractivity contribution < 1.29 is 13.2 Å². The van der Waals surface area contributed by atoms with Crippen LogP contribution in [0.4, 0.5) is 11.5 Å². The van der Waals surface area contributed by atoms with Crippen LogP contribution in [0, 0.1) is 25.2 Å². The second-order valence-electron chi connectivity index (χ2n) is 7.33. The van der Waals surface area contributed by atoms with Crippen molar-refractivity contribution in [3.63, 3.8) is 0 Å². The molecule has 3 rings (SSSR count). The number of aromatic nitrogens is 2. The zero-order valence-electron chi connectivity index (χ0n) is 17.2. The van der Waals surface area contributed by atoms with Crippen molar-refractivity contribution in [3.8, 4) is 6.07 Å². The van der Waals surface area contributed by atoms with Gasteiger partial charge < -0.3 is 10.2 Å². The first kappa shape index (κ1) is 21.8. The average molecular weight is 431 g/mol. The second kappa shape index (κ2) is 9.28. The van der Waals surface area contributed by atoms with Crippen LogP contribution in [0.25, 0.3) is 0 Å². The molecule has 1 N–H and O–H groups in total. The molecule has 10 heteroatoms. The first-order chi connectivity index (χ1) is 14.3. The van der Waals surface area contributed by atoms with Gasteiger partial charge in [0.2, 0.25) is 15.9 Å². The molecule has 0 spiro atoms. The first-order valence-electron chi connectivity index (χ1n) is 9.79. The number of sulfonamides is 1. The Kier molecular flexibility index (Phi) is 6.74. The molecule has 0 bridgehead atoms. The number of piperazine rings is 1. The SMILES string of the molecule is Cc1cccc(N2CCN(S(=O)(=O)CC(=O)Nc3cc(C)nn3CCC#N)CC2)c1. The van der Waals surface area contributed by atoms with Gasteiger partial charge in [0.15, 0.2) is 0 Å². The topological polar surface area (TPSA) is 111 Å². The Morgan fingerprint density at radius 3 is 2.60 bits per heavy atom. The van der Waals surface area contributed by atoms with Gasteiger partial charge in [-0.05, 0) is 31.5 Å². The summed E-state index contributed by atoms with van der Waals surface area (Å²) >= 11 is 0. The van der Waals surface area contributed by atoms with Gasteiger partial charge in [0.05, 0.1) is 24.7 Å². The van der Waals surface area contributed by atoms with Gasteiger partial charge in [-0.1, -0.05) is 12.1 Å². The van der Waals surface area contributed by atoms with Crippen molar-refractivity contribution in [2.75, 3.05) is 42.1 Å². The molecule has 0 radical (unpaired) electrons. The predicted octanol–water partition coefficient (Wildman–Crippen LogP) is 1.50. The van der Waals surface area contributed by atoms with Crippen LogP contribution in [0.2, 0.25) is 0 Å². The summed E-state index contributed by atoms with van der Waals surface area (Å²) in [6.45, 7) is 5.94. The number of hydrogen-bond acceptors (Lipinski definition) is 6. The molecule has 0 aliphatic carbocycles. The Hall–Kier alpha value is -2.90. The van der Waals surface area contributed by atoms with Gasteiger partial charge in [-0.25, -0.2) is 13.1 Å². The van der Waals surface area contributed by atoms with E-state index in [9.17, 15) is 13.2 Å². The standard InChI is InChI=1S/C20H26N6O3S/c1-16-5-3-6-18(13-16)24-9-11-25(12-10-24)30(28,29)15-20(27)22-19-14-17(2)23-26(19)8-4-7-21/h3,5-6,13-14H,4,8-12,15H2,1-2H3,(H,22,27). The number of amides is 1. The number of aryl methyl sites for hydroxylation is 3. The number of nitrogens with zero attached hydrogens (tertiary/aromatic N) is 5. The molecule has 0 unspecified atom stereocenters. The first-order valence-corrected chi connectivity index (χ1v) is 11.4. The van der Waals surface area contributed by atoms with Crippen LogP contribution in [0.3, 0.4) is 0 Å². The molecule has 2 aromatic rings. The van der Waals surface area contributed by atoms with Crippen LogP contribution < -0.4 is 10.2 Å². The van der Waals surface area contributed by atoms with E-state index in [1.165, 1.54) is 8.99 Å². The molecular formula is C20H26N6O3S. The lowest BCUT2D eigenvalue weighted by Crippen LogP contribution is -2.50. The van der Waals surface area contributed by atoms with Gasteiger partial charge in [-0.3, -0.25) is 4.79 Å². The molecule has 1 aliphatic heterocycles. The molecule has 1 aromatic carbocycles. The summed E-state index contributed by atoms with van der Waals surface area (Å²) in [4.78, 5) is 14.5. The van der Waals surface area contributed by atoms with Gasteiger partial charge in [0, 0.05) is 37.9 Å². The van der Waals surface area contributed by atoms with Crippen molar-refractivity contribution in [2.24, 2.45) is 0 Å². The van der Waals surface area contributed by atoms with E-state index in [0.29, 0.717) is 44.2 Å². The number of benzene rings is 1. The van der Waals surface area contributed by atoms with E-state index in [1.54, 1.807) is 13.0 Å². The fourth-order valence-electron chi connectivity index (χ4n) is 3.46. The molecule has 1 fully saturated rings. The van der Waals surface area contributed by atoms with E-state index in [0.717, 1.165) is 11.3 Å². The van der Waals surface area contributed by atoms with E-state index < -0.39 is 21.7 Å². The van der Waals surface area contributed by atoms with Crippen LogP contribution in [-0.4, -0.2) is 60.3 Å². The van der Waals surface area contributed by atoms with Gasteiger partial charge in [-0.15, -0.1) is 0 Å². The summed E-state index contributed by atoms with van der Waals surface area (Å²) < 4.78 is 28.3. The molecule has 1 aliphatic rings. The Morgan fingerprint density at radius 2 is 1.93 bits per heavy atom. The smallest absolute Gasteiger partial charge is 0.242 e. The minimum atomic E-state index is -3.73. The highest BCUT2D eigenvalue weighted by Crippen LogP contribution is 2.19. The number of nitriles is 1. The van der Waals surface area contributed by atoms with E-state index in [-0.39, 0.29) is 6.42 Å². The minimum Gasteiger partial charge on any atom is -0.369 e. The highest BCUT2D eigenvalue weighted by atomic mass is 32.2. The van der Waals surface area contributed by atoms with Crippen LogP contribution >= 0.6 is 0 Å². The van der Waals surface area contributed by atoms with Crippen molar-refractivity contribution in [1.82, 2.24) is 14.1 Å². The lowest BCUT2D eigenvalue weighted by molar-refractivity contribution is -0.114. The lowest BCUT2D eigenvalue weighted by Gasteiger charge is -2.35. The second-order valence-corrected chi connectivity index (χ2v) is 9.30. The number of anilines is 2. The van der Waals surface area contributed by atoms with Crippen molar-refractivity contribution in [2.45, 2.75) is 26.8 Å². The van der Waals surface area contributed by atoms with Gasteiger partial charge >= 0.3 is 0 Å². The van der Waals surface area contributed by atoms with Gasteiger partial charge in [-0.2, -0.15) is 14.7 Å². The third-order valence-electron chi connectivity index (χ3n) is 4.92. The van der Waals surface area contributed by atoms with Crippen LogP contribution in [0.15, 0.2) is 30.3 Å². The highest BCUT2D eigenvalue weighted by molar-refractivity contribution is 7.89. The third-order valence-corrected chi connectivity index (χ3v) is 6.70. The van der Waals surface area contributed by atoms with Crippen molar-refractivity contribution in [1.29, 1.82) is 5.26 Å². The highest BCUT2D eigenvalue weighted by Gasteiger charge is 2.29. The number of hydrogen-bond donors (Lipinski definition) is 1. The fraction of sp³-hybridized carbons (Fsp3) is 0.450. The summed E-state index contributed by atoms with van der Waals surface area (Å²) in [5, 5.41) is 15.6. The summed E-state index contributed by atoms with van der Waals surface area (Å²) in [5.41, 5.74) is 2.91. The van der Waals surface area contributed by atoms with Crippen LogP contribution in [0.5, 0.6) is 0 Å². The average Bonchev–Trinajstić information content (AvgIpc) is 3.04. The van der Waals surface area contributed by atoms with Gasteiger partial charge in [0.25, 0.3) is 0 Å². The van der Waals surface area contributed by atoms with E-state index >= 15 is 0 Å². The zero-order valence-corrected chi connectivity index (χ0v) is 18.0. The largest absolute Gasteiger partial charge is 0.369 e. The third kappa shape index (κ3) is 5.37. The monoisotopic (exact) mass is 430 g/mol. The molecule has 1 amide bonds. The number of carbonyl (C=O) groups is 1. The fourth-order valence-corrected chi connectivity index (χ4v) is 4.76. The molecule has 2 heterocycles. The molecule has 0 saturated carbocycles. The predicted molar refractivity (Wildman–Crippen MR) is 115 cm³/mol. The van der Waals surface area contributed by atoms with Crippen LogP contribution in [-0.2, 0) is 21.4 Å². The molecular weight excluding hydrogens is 404 g/mol. The zero-order chi connectivity index (χ0) is 21.7. The number of nitrogens with one attached hydrogen (secondary N) is 1. The summed E-state index contributed by atoms with van der Waals surface area (Å²) in [6.07, 6.45) is 0.244. The normalized spacial score (nSPS) is 15.0. The molecule has 9 nitrogen and oxygen atoms in total. The molecule has 1 aromatic heterocycles. The Morgan fingerprint density at radius 1 is 1.20 bits per heavy atom. The van der Waals surface area contributed by atoms with Crippen molar-refractivity contribution in [3.05, 3.63) is 41.6 Å². The maximum absolute atomic E-state index is 12.7.